The number of rotatable bonds is 48. The highest BCUT2D eigenvalue weighted by molar-refractivity contribution is 5.70. The van der Waals surface area contributed by atoms with Gasteiger partial charge in [0.15, 0.2) is 6.10 Å². The Balaban J connectivity index is 4.36. The number of carboxylic acid groups (broad SMARTS) is 1. The average molecular weight is 960 g/mol. The Bertz CT molecular complexity index is 1490. The molecule has 0 fully saturated rings. The maximum absolute atomic E-state index is 12.8. The molecule has 8 heteroatoms. The molecular weight excluding hydrogens is 859 g/mol. The van der Waals surface area contributed by atoms with Gasteiger partial charge in [-0.2, -0.15) is 0 Å². The molecule has 0 aromatic heterocycles. The summed E-state index contributed by atoms with van der Waals surface area (Å²) in [4.78, 5) is 37.1. The van der Waals surface area contributed by atoms with E-state index in [9.17, 15) is 19.5 Å². The van der Waals surface area contributed by atoms with Crippen LogP contribution in [0.1, 0.15) is 206 Å². The molecule has 0 rings (SSSR count). The van der Waals surface area contributed by atoms with Gasteiger partial charge in [-0.15, -0.1) is 0 Å². The van der Waals surface area contributed by atoms with Crippen molar-refractivity contribution in [1.29, 1.82) is 0 Å². The zero-order valence-corrected chi connectivity index (χ0v) is 44.7. The van der Waals surface area contributed by atoms with E-state index in [4.69, 9.17) is 14.2 Å². The third-order valence-electron chi connectivity index (χ3n) is 11.6. The predicted octanol–water partition coefficient (Wildman–Crippen LogP) is 15.0. The fraction of sp³-hybridized carbons (Fsp3) is 0.656. The van der Waals surface area contributed by atoms with E-state index in [0.717, 1.165) is 83.5 Å². The van der Waals surface area contributed by atoms with Crippen molar-refractivity contribution in [2.24, 2.45) is 0 Å². The topological polar surface area (TPSA) is 102 Å². The van der Waals surface area contributed by atoms with E-state index >= 15 is 0 Å². The molecule has 0 aromatic carbocycles. The van der Waals surface area contributed by atoms with Crippen molar-refractivity contribution in [3.63, 3.8) is 0 Å². The Morgan fingerprint density at radius 1 is 0.449 bits per heavy atom. The second kappa shape index (κ2) is 50.4. The first kappa shape index (κ1) is 65.0. The number of unbranched alkanes of at least 4 members (excludes halogenated alkanes) is 16. The highest BCUT2D eigenvalue weighted by Crippen LogP contribution is 2.13. The van der Waals surface area contributed by atoms with Crippen molar-refractivity contribution in [1.82, 2.24) is 0 Å². The minimum atomic E-state index is -1.14. The van der Waals surface area contributed by atoms with E-state index in [-0.39, 0.29) is 49.1 Å². The van der Waals surface area contributed by atoms with Gasteiger partial charge in [0.25, 0.3) is 0 Å². The predicted molar refractivity (Wildman–Crippen MR) is 291 cm³/mol. The summed E-state index contributed by atoms with van der Waals surface area (Å²) in [6, 6.07) is -0.745. The van der Waals surface area contributed by atoms with Crippen LogP contribution in [0.5, 0.6) is 0 Å². The molecule has 0 radical (unpaired) electrons. The van der Waals surface area contributed by atoms with Crippen molar-refractivity contribution < 1.29 is 38.2 Å². The van der Waals surface area contributed by atoms with Crippen LogP contribution < -0.4 is 5.11 Å². The summed E-state index contributed by atoms with van der Waals surface area (Å²) in [7, 11) is 5.39. The SMILES string of the molecule is CC/C=C/C/C=C/C/C=C/C/C=C/C/C=C/C/C=C/C/C=C/CCCC(=O)OC(COCCC(C(=O)[O-])[N+](C)(C)C)COC(=O)CCCCCCCCC/C=C/C/C=C/CCCCCCCCCC. The highest BCUT2D eigenvalue weighted by Gasteiger charge is 2.25. The molecule has 0 aromatic rings. The van der Waals surface area contributed by atoms with Gasteiger partial charge in [0.1, 0.15) is 12.6 Å². The van der Waals surface area contributed by atoms with Crippen LogP contribution in [-0.4, -0.2) is 75.5 Å². The first-order chi connectivity index (χ1) is 33.6. The van der Waals surface area contributed by atoms with Crippen molar-refractivity contribution in [3.05, 3.63) is 109 Å². The molecule has 0 amide bonds. The average Bonchev–Trinajstić information content (AvgIpc) is 3.31. The Morgan fingerprint density at radius 3 is 1.25 bits per heavy atom. The Hall–Kier alpha value is -4.01. The lowest BCUT2D eigenvalue weighted by molar-refractivity contribution is -0.889. The van der Waals surface area contributed by atoms with Crippen LogP contribution in [-0.2, 0) is 28.6 Å². The first-order valence-electron chi connectivity index (χ1n) is 27.4. The van der Waals surface area contributed by atoms with Gasteiger partial charge in [-0.1, -0.05) is 200 Å². The molecule has 69 heavy (non-hydrogen) atoms. The Kier molecular flexibility index (Phi) is 47.5. The van der Waals surface area contributed by atoms with Gasteiger partial charge in [0.05, 0.1) is 40.3 Å². The maximum atomic E-state index is 12.8. The number of allylic oxidation sites excluding steroid dienone is 18. The molecule has 0 saturated heterocycles. The summed E-state index contributed by atoms with van der Waals surface area (Å²) in [5.41, 5.74) is 0. The number of ether oxygens (including phenoxy) is 3. The number of hydrogen-bond donors (Lipinski definition) is 0. The first-order valence-corrected chi connectivity index (χ1v) is 27.4. The molecular formula is C61H101NO7. The number of esters is 2. The molecule has 0 aliphatic heterocycles. The summed E-state index contributed by atoms with van der Waals surface area (Å²) in [5, 5.41) is 11.7. The molecule has 0 heterocycles. The Labute approximate surface area is 423 Å². The summed E-state index contributed by atoms with van der Waals surface area (Å²) in [6.45, 7) is 4.48. The van der Waals surface area contributed by atoms with Gasteiger partial charge in [-0.3, -0.25) is 9.59 Å². The van der Waals surface area contributed by atoms with Gasteiger partial charge < -0.3 is 28.6 Å². The quantitative estimate of drug-likeness (QED) is 0.0259. The Morgan fingerprint density at radius 2 is 0.826 bits per heavy atom. The fourth-order valence-electron chi connectivity index (χ4n) is 7.44. The molecule has 0 aliphatic carbocycles. The van der Waals surface area contributed by atoms with Gasteiger partial charge in [-0.25, -0.2) is 0 Å². The van der Waals surface area contributed by atoms with Crippen LogP contribution in [0.15, 0.2) is 109 Å². The van der Waals surface area contributed by atoms with E-state index < -0.39 is 18.1 Å². The molecule has 2 unspecified atom stereocenters. The second-order valence-electron chi connectivity index (χ2n) is 19.1. The molecule has 0 saturated carbocycles. The maximum Gasteiger partial charge on any atom is 0.306 e. The number of aliphatic carboxylic acids is 1. The van der Waals surface area contributed by atoms with Gasteiger partial charge in [-0.05, 0) is 96.3 Å². The zero-order chi connectivity index (χ0) is 50.6. The summed E-state index contributed by atoms with van der Waals surface area (Å²) in [6.07, 6.45) is 69.9. The molecule has 0 spiro atoms. The number of carboxylic acids is 1. The standard InChI is InChI=1S/C61H101NO7/c1-6-8-10-12-14-16-18-20-22-24-26-28-30-32-34-36-38-40-42-44-46-48-50-52-60(64)69-57(55-67-54-53-58(61(65)66)62(3,4)5)56-68-59(63)51-49-47-45-43-41-39-37-35-33-31-29-27-25-23-21-19-17-15-13-11-9-7-2/h8,10,14,16,20,22,25-28,31-34,38,40,44,46,57-58H,6-7,9,11-13,15,17-19,21,23-24,29-30,35-37,39,41-43,45,47-56H2,1-5H3/b10-8+,16-14+,22-20+,27-25+,28-26+,33-31+,34-32+,40-38+,46-44+. The number of quaternary nitrogens is 1. The lowest BCUT2D eigenvalue weighted by atomic mass is 10.1. The van der Waals surface area contributed by atoms with E-state index in [1.807, 2.05) is 0 Å². The normalized spacial score (nSPS) is 13.7. The van der Waals surface area contributed by atoms with Crippen molar-refractivity contribution >= 4 is 17.9 Å². The largest absolute Gasteiger partial charge is 0.544 e. The third kappa shape index (κ3) is 48.8. The monoisotopic (exact) mass is 960 g/mol. The minimum Gasteiger partial charge on any atom is -0.544 e. The number of carbonyl (C=O) groups excluding carboxylic acids is 3. The molecule has 0 aliphatic rings. The van der Waals surface area contributed by atoms with Crippen LogP contribution in [0.3, 0.4) is 0 Å². The van der Waals surface area contributed by atoms with Crippen molar-refractivity contribution in [3.8, 4) is 0 Å². The molecule has 392 valence electrons. The van der Waals surface area contributed by atoms with E-state index in [0.29, 0.717) is 12.8 Å². The van der Waals surface area contributed by atoms with Crippen LogP contribution in [0.4, 0.5) is 0 Å². The fourth-order valence-corrected chi connectivity index (χ4v) is 7.44. The van der Waals surface area contributed by atoms with Crippen LogP contribution in [0, 0.1) is 0 Å². The number of carbonyl (C=O) groups is 3. The third-order valence-corrected chi connectivity index (χ3v) is 11.6. The molecule has 0 N–H and O–H groups in total. The lowest BCUT2D eigenvalue weighted by Gasteiger charge is -2.34. The van der Waals surface area contributed by atoms with Crippen LogP contribution in [0.25, 0.3) is 0 Å². The van der Waals surface area contributed by atoms with E-state index in [2.05, 4.69) is 123 Å². The molecule has 0 bridgehead atoms. The number of likely N-dealkylation sites (N-methyl/N-ethyl adjacent to an activating group) is 1. The van der Waals surface area contributed by atoms with Crippen LogP contribution >= 0.6 is 0 Å². The van der Waals surface area contributed by atoms with Gasteiger partial charge >= 0.3 is 11.9 Å². The zero-order valence-electron chi connectivity index (χ0n) is 44.7. The van der Waals surface area contributed by atoms with E-state index in [1.54, 1.807) is 21.1 Å². The van der Waals surface area contributed by atoms with Crippen molar-refractivity contribution in [2.75, 3.05) is 41.0 Å². The second-order valence-corrected chi connectivity index (χ2v) is 19.1. The number of nitrogens with zero attached hydrogens (tertiary/aromatic N) is 1. The summed E-state index contributed by atoms with van der Waals surface area (Å²) < 4.78 is 17.2. The number of hydrogen-bond acceptors (Lipinski definition) is 7. The highest BCUT2D eigenvalue weighted by atomic mass is 16.6. The van der Waals surface area contributed by atoms with Crippen molar-refractivity contribution in [2.45, 2.75) is 219 Å². The molecule has 8 nitrogen and oxygen atoms in total. The summed E-state index contributed by atoms with van der Waals surface area (Å²) in [5.74, 6) is -1.83. The van der Waals surface area contributed by atoms with Crippen LogP contribution in [0.2, 0.25) is 0 Å². The van der Waals surface area contributed by atoms with E-state index in [1.165, 1.54) is 83.5 Å². The summed E-state index contributed by atoms with van der Waals surface area (Å²) >= 11 is 0. The lowest BCUT2D eigenvalue weighted by Crippen LogP contribution is -2.55. The van der Waals surface area contributed by atoms with Gasteiger partial charge in [0, 0.05) is 19.3 Å². The van der Waals surface area contributed by atoms with Gasteiger partial charge in [0.2, 0.25) is 0 Å². The minimum absolute atomic E-state index is 0.00797. The smallest absolute Gasteiger partial charge is 0.306 e. The molecule has 2 atom stereocenters.